The van der Waals surface area contributed by atoms with E-state index in [2.05, 4.69) is 0 Å². The van der Waals surface area contributed by atoms with Crippen molar-refractivity contribution in [2.45, 2.75) is 44.2 Å². The van der Waals surface area contributed by atoms with Crippen LogP contribution in [0.4, 0.5) is 0 Å². The fraction of sp³-hybridized carbons (Fsp3) is 0.318. The SMILES string of the molecule is CCc1ccc(C=CC(=O)O)cc1CN1CC(CC)Oc2ccccc2S1(=O)=O. The van der Waals surface area contributed by atoms with Crippen LogP contribution in [0, 0.1) is 0 Å². The highest BCUT2D eigenvalue weighted by molar-refractivity contribution is 7.89. The van der Waals surface area contributed by atoms with Gasteiger partial charge in [-0.2, -0.15) is 4.31 Å². The molecule has 0 spiro atoms. The summed E-state index contributed by atoms with van der Waals surface area (Å²) in [6, 6.07) is 12.3. The largest absolute Gasteiger partial charge is 0.488 e. The van der Waals surface area contributed by atoms with E-state index < -0.39 is 16.0 Å². The number of aliphatic carboxylic acids is 1. The highest BCUT2D eigenvalue weighted by Crippen LogP contribution is 2.32. The van der Waals surface area contributed by atoms with Gasteiger partial charge in [0, 0.05) is 12.6 Å². The number of carbonyl (C=O) groups is 1. The van der Waals surface area contributed by atoms with Gasteiger partial charge in [-0.3, -0.25) is 0 Å². The van der Waals surface area contributed by atoms with Crippen LogP contribution in [0.1, 0.15) is 37.0 Å². The van der Waals surface area contributed by atoms with Crippen molar-refractivity contribution in [1.82, 2.24) is 4.31 Å². The van der Waals surface area contributed by atoms with E-state index in [1.54, 1.807) is 24.3 Å². The summed E-state index contributed by atoms with van der Waals surface area (Å²) in [4.78, 5) is 11.0. The van der Waals surface area contributed by atoms with Crippen molar-refractivity contribution in [3.63, 3.8) is 0 Å². The molecule has 1 atom stereocenters. The van der Waals surface area contributed by atoms with E-state index in [-0.39, 0.29) is 24.1 Å². The molecule has 2 aromatic carbocycles. The average Bonchev–Trinajstić information content (AvgIpc) is 2.81. The first-order valence-corrected chi connectivity index (χ1v) is 11.1. The Morgan fingerprint density at radius 2 is 1.97 bits per heavy atom. The molecule has 154 valence electrons. The zero-order chi connectivity index (χ0) is 21.0. The van der Waals surface area contributed by atoms with Crippen LogP contribution in [0.2, 0.25) is 0 Å². The molecule has 0 saturated carbocycles. The molecule has 1 aliphatic heterocycles. The summed E-state index contributed by atoms with van der Waals surface area (Å²) in [5.41, 5.74) is 2.60. The third-order valence-electron chi connectivity index (χ3n) is 5.00. The smallest absolute Gasteiger partial charge is 0.328 e. The van der Waals surface area contributed by atoms with E-state index >= 15 is 0 Å². The fourth-order valence-corrected chi connectivity index (χ4v) is 4.97. The summed E-state index contributed by atoms with van der Waals surface area (Å²) in [5.74, 6) is -0.642. The van der Waals surface area contributed by atoms with Gasteiger partial charge in [-0.25, -0.2) is 13.2 Å². The number of hydrogen-bond acceptors (Lipinski definition) is 4. The Hall–Kier alpha value is -2.64. The fourth-order valence-electron chi connectivity index (χ4n) is 3.40. The zero-order valence-electron chi connectivity index (χ0n) is 16.5. The first-order chi connectivity index (χ1) is 13.8. The Labute approximate surface area is 171 Å². The van der Waals surface area contributed by atoms with E-state index in [1.807, 2.05) is 32.0 Å². The van der Waals surface area contributed by atoms with Crippen LogP contribution < -0.4 is 4.74 Å². The Kier molecular flexibility index (Phi) is 6.39. The maximum Gasteiger partial charge on any atom is 0.328 e. The lowest BCUT2D eigenvalue weighted by atomic mass is 10.0. The van der Waals surface area contributed by atoms with Crippen LogP contribution in [0.25, 0.3) is 6.08 Å². The number of carboxylic acids is 1. The molecule has 0 radical (unpaired) electrons. The molecule has 0 aliphatic carbocycles. The topological polar surface area (TPSA) is 83.9 Å². The summed E-state index contributed by atoms with van der Waals surface area (Å²) < 4.78 is 34.1. The molecule has 0 saturated heterocycles. The van der Waals surface area contributed by atoms with Crippen LogP contribution in [-0.2, 0) is 27.8 Å². The van der Waals surface area contributed by atoms with Crippen molar-refractivity contribution >= 4 is 22.1 Å². The summed E-state index contributed by atoms with van der Waals surface area (Å²) >= 11 is 0. The first-order valence-electron chi connectivity index (χ1n) is 9.63. The van der Waals surface area contributed by atoms with Gasteiger partial charge >= 0.3 is 5.97 Å². The molecule has 29 heavy (non-hydrogen) atoms. The highest BCUT2D eigenvalue weighted by Gasteiger charge is 2.34. The number of sulfonamides is 1. The molecule has 1 unspecified atom stereocenters. The summed E-state index contributed by atoms with van der Waals surface area (Å²) in [6.07, 6.45) is 3.77. The second kappa shape index (κ2) is 8.80. The van der Waals surface area contributed by atoms with Crippen molar-refractivity contribution < 1.29 is 23.1 Å². The molecule has 0 amide bonds. The predicted molar refractivity (Wildman–Crippen MR) is 111 cm³/mol. The quantitative estimate of drug-likeness (QED) is 0.727. The lowest BCUT2D eigenvalue weighted by molar-refractivity contribution is -0.131. The highest BCUT2D eigenvalue weighted by atomic mass is 32.2. The Morgan fingerprint density at radius 3 is 2.66 bits per heavy atom. The molecule has 0 bridgehead atoms. The van der Waals surface area contributed by atoms with Crippen molar-refractivity contribution in [3.05, 3.63) is 65.2 Å². The Balaban J connectivity index is 2.01. The van der Waals surface area contributed by atoms with Gasteiger partial charge in [-0.15, -0.1) is 0 Å². The van der Waals surface area contributed by atoms with E-state index in [1.165, 1.54) is 10.4 Å². The molecular formula is C22H25NO5S. The Bertz CT molecular complexity index is 1030. The molecule has 0 aromatic heterocycles. The summed E-state index contributed by atoms with van der Waals surface area (Å²) in [5, 5.41) is 8.87. The molecule has 1 heterocycles. The van der Waals surface area contributed by atoms with Crippen LogP contribution >= 0.6 is 0 Å². The van der Waals surface area contributed by atoms with Gasteiger partial charge in [0.2, 0.25) is 10.0 Å². The standard InChI is InChI=1S/C22H25NO5S/c1-3-17-11-9-16(10-12-22(24)25)13-18(17)14-23-15-19(4-2)28-20-7-5-6-8-21(20)29(23,26)27/h5-13,19H,3-4,14-15H2,1-2H3,(H,24,25). The number of fused-ring (bicyclic) bond motifs is 1. The number of benzene rings is 2. The van der Waals surface area contributed by atoms with Crippen LogP contribution in [0.3, 0.4) is 0 Å². The molecule has 0 fully saturated rings. The predicted octanol–water partition coefficient (Wildman–Crippen LogP) is 3.71. The maximum absolute atomic E-state index is 13.3. The number of aryl methyl sites for hydroxylation is 1. The average molecular weight is 416 g/mol. The number of para-hydroxylation sites is 1. The van der Waals surface area contributed by atoms with Crippen molar-refractivity contribution in [3.8, 4) is 5.75 Å². The molecule has 2 aromatic rings. The third-order valence-corrected chi connectivity index (χ3v) is 6.85. The van der Waals surface area contributed by atoms with Crippen molar-refractivity contribution in [2.24, 2.45) is 0 Å². The lowest BCUT2D eigenvalue weighted by Gasteiger charge is -2.23. The van der Waals surface area contributed by atoms with Gasteiger partial charge in [0.25, 0.3) is 0 Å². The van der Waals surface area contributed by atoms with Crippen LogP contribution in [0.5, 0.6) is 5.75 Å². The van der Waals surface area contributed by atoms with Gasteiger partial charge in [0.05, 0.1) is 6.54 Å². The summed E-state index contributed by atoms with van der Waals surface area (Å²) in [6.45, 7) is 4.44. The molecule has 6 nitrogen and oxygen atoms in total. The summed E-state index contributed by atoms with van der Waals surface area (Å²) in [7, 11) is -3.73. The minimum absolute atomic E-state index is 0.177. The third kappa shape index (κ3) is 4.68. The maximum atomic E-state index is 13.3. The van der Waals surface area contributed by atoms with Gasteiger partial charge in [-0.05, 0) is 47.7 Å². The van der Waals surface area contributed by atoms with E-state index in [0.29, 0.717) is 12.2 Å². The van der Waals surface area contributed by atoms with Gasteiger partial charge < -0.3 is 9.84 Å². The number of nitrogens with zero attached hydrogens (tertiary/aromatic N) is 1. The van der Waals surface area contributed by atoms with Crippen LogP contribution in [0.15, 0.2) is 53.4 Å². The minimum atomic E-state index is -3.73. The lowest BCUT2D eigenvalue weighted by Crippen LogP contribution is -2.36. The first kappa shape index (κ1) is 21.1. The van der Waals surface area contributed by atoms with E-state index in [9.17, 15) is 13.2 Å². The second-order valence-corrected chi connectivity index (χ2v) is 8.85. The number of carboxylic acid groups (broad SMARTS) is 1. The van der Waals surface area contributed by atoms with E-state index in [0.717, 1.165) is 29.2 Å². The molecular weight excluding hydrogens is 390 g/mol. The molecule has 3 rings (SSSR count). The Morgan fingerprint density at radius 1 is 1.21 bits per heavy atom. The van der Waals surface area contributed by atoms with E-state index in [4.69, 9.17) is 9.84 Å². The number of ether oxygens (including phenoxy) is 1. The monoisotopic (exact) mass is 415 g/mol. The second-order valence-electron chi connectivity index (χ2n) is 6.95. The van der Waals surface area contributed by atoms with Gasteiger partial charge in [0.15, 0.2) is 0 Å². The molecule has 1 N–H and O–H groups in total. The van der Waals surface area contributed by atoms with Gasteiger partial charge in [-0.1, -0.05) is 44.2 Å². The van der Waals surface area contributed by atoms with Gasteiger partial charge in [0.1, 0.15) is 16.7 Å². The number of hydrogen-bond donors (Lipinski definition) is 1. The molecule has 1 aliphatic rings. The molecule has 7 heteroatoms. The minimum Gasteiger partial charge on any atom is -0.488 e. The zero-order valence-corrected chi connectivity index (χ0v) is 17.4. The van der Waals surface area contributed by atoms with Crippen molar-refractivity contribution in [1.29, 1.82) is 0 Å². The van der Waals surface area contributed by atoms with Crippen molar-refractivity contribution in [2.75, 3.05) is 6.54 Å². The van der Waals surface area contributed by atoms with Crippen LogP contribution in [-0.4, -0.2) is 36.4 Å². The number of rotatable bonds is 6. The normalized spacial score (nSPS) is 18.8.